The number of pyridine rings is 1. The van der Waals surface area contributed by atoms with Crippen LogP contribution in [0.15, 0.2) is 24.5 Å². The molecule has 4 rings (SSSR count). The molecule has 0 aromatic carbocycles. The van der Waals surface area contributed by atoms with Crippen molar-refractivity contribution in [2.45, 2.75) is 39.2 Å². The first-order valence-electron chi connectivity index (χ1n) is 8.25. The van der Waals surface area contributed by atoms with E-state index in [9.17, 15) is 5.26 Å². The Kier molecular flexibility index (Phi) is 3.62. The summed E-state index contributed by atoms with van der Waals surface area (Å²) in [5.41, 5.74) is 3.41. The topological polar surface area (TPSA) is 71.8 Å². The van der Waals surface area contributed by atoms with E-state index in [1.54, 1.807) is 6.20 Å². The molecule has 0 unspecified atom stereocenters. The maximum Gasteiger partial charge on any atom is 0.174 e. The molecule has 0 bridgehead atoms. The van der Waals surface area contributed by atoms with Gasteiger partial charge in [-0.2, -0.15) is 5.26 Å². The first kappa shape index (κ1) is 14.6. The van der Waals surface area contributed by atoms with E-state index in [0.29, 0.717) is 11.4 Å². The van der Waals surface area contributed by atoms with Crippen LogP contribution in [0.5, 0.6) is 0 Å². The number of nitrogens with zero attached hydrogens (tertiary/aromatic N) is 6. The molecule has 4 heterocycles. The normalized spacial score (nSPS) is 15.1. The summed E-state index contributed by atoms with van der Waals surface area (Å²) in [4.78, 5) is 4.46. The number of allylic oxidation sites excluding steroid dienone is 1. The highest BCUT2D eigenvalue weighted by atomic mass is 15.3. The quantitative estimate of drug-likeness (QED) is 0.681. The molecule has 3 aromatic rings. The van der Waals surface area contributed by atoms with Gasteiger partial charge in [-0.15, -0.1) is 10.2 Å². The summed E-state index contributed by atoms with van der Waals surface area (Å²) in [7, 11) is 0. The SMILES string of the molecule is Cc1cccn2c(C=C(C#N)c3nnc4n3CCCCC4)cnc12. The smallest absolute Gasteiger partial charge is 0.174 e. The highest BCUT2D eigenvalue weighted by Crippen LogP contribution is 2.22. The molecule has 0 spiro atoms. The number of hydrogen-bond donors (Lipinski definition) is 0. The van der Waals surface area contributed by atoms with Crippen molar-refractivity contribution in [3.8, 4) is 6.07 Å². The van der Waals surface area contributed by atoms with Crippen LogP contribution in [0.25, 0.3) is 17.3 Å². The zero-order valence-corrected chi connectivity index (χ0v) is 13.6. The van der Waals surface area contributed by atoms with Crippen LogP contribution in [-0.2, 0) is 13.0 Å². The number of fused-ring (bicyclic) bond motifs is 2. The Hall–Kier alpha value is -2.94. The van der Waals surface area contributed by atoms with Crippen molar-refractivity contribution in [3.05, 3.63) is 47.4 Å². The average Bonchev–Trinajstić information content (AvgIpc) is 3.11. The van der Waals surface area contributed by atoms with Gasteiger partial charge in [-0.3, -0.25) is 0 Å². The molecular weight excluding hydrogens is 300 g/mol. The molecule has 0 amide bonds. The van der Waals surface area contributed by atoms with E-state index in [4.69, 9.17) is 0 Å². The van der Waals surface area contributed by atoms with Gasteiger partial charge in [0.05, 0.1) is 17.5 Å². The second-order valence-electron chi connectivity index (χ2n) is 6.14. The Morgan fingerprint density at radius 1 is 1.29 bits per heavy atom. The van der Waals surface area contributed by atoms with Crippen LogP contribution in [-0.4, -0.2) is 24.1 Å². The van der Waals surface area contributed by atoms with Crippen molar-refractivity contribution in [2.24, 2.45) is 0 Å². The predicted octanol–water partition coefficient (Wildman–Crippen LogP) is 3.02. The third-order valence-electron chi connectivity index (χ3n) is 4.52. The molecule has 0 saturated carbocycles. The lowest BCUT2D eigenvalue weighted by atomic mass is 10.2. The molecule has 120 valence electrons. The molecule has 1 aliphatic heterocycles. The Morgan fingerprint density at radius 2 is 2.21 bits per heavy atom. The van der Waals surface area contributed by atoms with Crippen molar-refractivity contribution in [1.82, 2.24) is 24.1 Å². The van der Waals surface area contributed by atoms with E-state index in [1.165, 1.54) is 6.42 Å². The van der Waals surface area contributed by atoms with E-state index in [0.717, 1.165) is 48.5 Å². The third kappa shape index (κ3) is 2.38. The Labute approximate surface area is 140 Å². The predicted molar refractivity (Wildman–Crippen MR) is 91.0 cm³/mol. The molecule has 6 nitrogen and oxygen atoms in total. The summed E-state index contributed by atoms with van der Waals surface area (Å²) in [6.07, 6.45) is 9.96. The van der Waals surface area contributed by atoms with Gasteiger partial charge in [0.15, 0.2) is 5.82 Å². The Balaban J connectivity index is 1.81. The summed E-state index contributed by atoms with van der Waals surface area (Å²) in [6, 6.07) is 6.30. The van der Waals surface area contributed by atoms with E-state index in [1.807, 2.05) is 35.7 Å². The molecule has 0 N–H and O–H groups in total. The van der Waals surface area contributed by atoms with Gasteiger partial charge in [-0.1, -0.05) is 12.5 Å². The fourth-order valence-corrected chi connectivity index (χ4v) is 3.26. The molecule has 0 fully saturated rings. The van der Waals surface area contributed by atoms with Gasteiger partial charge in [-0.05, 0) is 37.5 Å². The summed E-state index contributed by atoms with van der Waals surface area (Å²) >= 11 is 0. The van der Waals surface area contributed by atoms with E-state index < -0.39 is 0 Å². The monoisotopic (exact) mass is 318 g/mol. The van der Waals surface area contributed by atoms with Crippen LogP contribution < -0.4 is 0 Å². The Bertz CT molecular complexity index is 969. The molecular formula is C18H18N6. The van der Waals surface area contributed by atoms with Gasteiger partial charge in [0.25, 0.3) is 0 Å². The minimum Gasteiger partial charge on any atom is -0.310 e. The Morgan fingerprint density at radius 3 is 3.08 bits per heavy atom. The number of rotatable bonds is 2. The number of aromatic nitrogens is 5. The molecule has 1 aliphatic rings. The van der Waals surface area contributed by atoms with Crippen molar-refractivity contribution in [2.75, 3.05) is 0 Å². The summed E-state index contributed by atoms with van der Waals surface area (Å²) in [5, 5.41) is 18.2. The largest absolute Gasteiger partial charge is 0.310 e. The lowest BCUT2D eigenvalue weighted by Crippen LogP contribution is -2.05. The molecule has 3 aromatic heterocycles. The maximum absolute atomic E-state index is 9.67. The highest BCUT2D eigenvalue weighted by Gasteiger charge is 2.18. The molecule has 0 aliphatic carbocycles. The molecule has 0 atom stereocenters. The summed E-state index contributed by atoms with van der Waals surface area (Å²) < 4.78 is 4.09. The van der Waals surface area contributed by atoms with Gasteiger partial charge in [0.2, 0.25) is 0 Å². The third-order valence-corrected chi connectivity index (χ3v) is 4.52. The van der Waals surface area contributed by atoms with Gasteiger partial charge < -0.3 is 8.97 Å². The molecule has 24 heavy (non-hydrogen) atoms. The fourth-order valence-electron chi connectivity index (χ4n) is 3.26. The van der Waals surface area contributed by atoms with Gasteiger partial charge in [-0.25, -0.2) is 4.98 Å². The van der Waals surface area contributed by atoms with E-state index >= 15 is 0 Å². The minimum atomic E-state index is 0.527. The minimum absolute atomic E-state index is 0.527. The number of hydrogen-bond acceptors (Lipinski definition) is 4. The number of nitriles is 1. The second-order valence-corrected chi connectivity index (χ2v) is 6.14. The number of imidazole rings is 1. The average molecular weight is 318 g/mol. The summed E-state index contributed by atoms with van der Waals surface area (Å²) in [5.74, 6) is 1.65. The van der Waals surface area contributed by atoms with Crippen LogP contribution in [0.2, 0.25) is 0 Å². The molecule has 0 radical (unpaired) electrons. The van der Waals surface area contributed by atoms with Crippen LogP contribution in [0.3, 0.4) is 0 Å². The zero-order valence-electron chi connectivity index (χ0n) is 13.6. The number of aryl methyl sites for hydroxylation is 2. The van der Waals surface area contributed by atoms with Crippen molar-refractivity contribution in [1.29, 1.82) is 5.26 Å². The van der Waals surface area contributed by atoms with Gasteiger partial charge in [0, 0.05) is 19.2 Å². The first-order chi connectivity index (χ1) is 11.8. The maximum atomic E-state index is 9.67. The van der Waals surface area contributed by atoms with Crippen LogP contribution in [0, 0.1) is 18.3 Å². The first-order valence-corrected chi connectivity index (χ1v) is 8.25. The lowest BCUT2D eigenvalue weighted by Gasteiger charge is -2.06. The van der Waals surface area contributed by atoms with Gasteiger partial charge >= 0.3 is 0 Å². The highest BCUT2D eigenvalue weighted by molar-refractivity contribution is 5.87. The standard InChI is InChI=1S/C18H18N6/c1-13-6-5-9-23-15(12-20-17(13)23)10-14(11-19)18-22-21-16-7-3-2-4-8-24(16)18/h5-6,9-10,12H,2-4,7-8H2,1H3. The van der Waals surface area contributed by atoms with E-state index in [2.05, 4.69) is 25.8 Å². The fraction of sp³-hybridized carbons (Fsp3) is 0.333. The van der Waals surface area contributed by atoms with E-state index in [-0.39, 0.29) is 0 Å². The van der Waals surface area contributed by atoms with Crippen LogP contribution >= 0.6 is 0 Å². The zero-order chi connectivity index (χ0) is 16.5. The molecule has 0 saturated heterocycles. The van der Waals surface area contributed by atoms with Gasteiger partial charge in [0.1, 0.15) is 17.5 Å². The summed E-state index contributed by atoms with van der Waals surface area (Å²) in [6.45, 7) is 2.91. The second kappa shape index (κ2) is 5.93. The van der Waals surface area contributed by atoms with Crippen molar-refractivity contribution in [3.63, 3.8) is 0 Å². The van der Waals surface area contributed by atoms with Crippen molar-refractivity contribution < 1.29 is 0 Å². The molecule has 6 heteroatoms. The lowest BCUT2D eigenvalue weighted by molar-refractivity contribution is 0.627. The van der Waals surface area contributed by atoms with Crippen molar-refractivity contribution >= 4 is 17.3 Å². The van der Waals surface area contributed by atoms with Crippen LogP contribution in [0.4, 0.5) is 0 Å². The van der Waals surface area contributed by atoms with Crippen LogP contribution in [0.1, 0.15) is 42.2 Å².